The van der Waals surface area contributed by atoms with Gasteiger partial charge >= 0.3 is 0 Å². The van der Waals surface area contributed by atoms with Crippen molar-refractivity contribution in [3.63, 3.8) is 0 Å². The summed E-state index contributed by atoms with van der Waals surface area (Å²) in [5, 5.41) is 9.38. The van der Waals surface area contributed by atoms with E-state index in [1.165, 1.54) is 5.56 Å². The van der Waals surface area contributed by atoms with Crippen LogP contribution in [0.25, 0.3) is 0 Å². The highest BCUT2D eigenvalue weighted by Gasteiger charge is 2.09. The molecule has 96 valence electrons. The van der Waals surface area contributed by atoms with E-state index in [4.69, 9.17) is 4.74 Å². The van der Waals surface area contributed by atoms with Crippen LogP contribution in [0.1, 0.15) is 37.7 Å². The zero-order valence-corrected chi connectivity index (χ0v) is 11.9. The molecule has 0 saturated heterocycles. The first kappa shape index (κ1) is 14.7. The average Bonchev–Trinajstić information content (AvgIpc) is 2.35. The fourth-order valence-corrected chi connectivity index (χ4v) is 1.94. The molecule has 0 heterocycles. The van der Waals surface area contributed by atoms with E-state index in [1.54, 1.807) is 0 Å². The van der Waals surface area contributed by atoms with Crippen LogP contribution in [0.2, 0.25) is 0 Å². The monoisotopic (exact) mass is 300 g/mol. The molecule has 0 radical (unpaired) electrons. The maximum Gasteiger partial charge on any atom is 0.0500 e. The number of unbranched alkanes of at least 4 members (excludes halogenated alkanes) is 1. The SMILES string of the molecule is CCCCOCCC(CO)c1ccc(Br)cc1. The summed E-state index contributed by atoms with van der Waals surface area (Å²) in [5.41, 5.74) is 1.18. The normalized spacial score (nSPS) is 12.6. The summed E-state index contributed by atoms with van der Waals surface area (Å²) < 4.78 is 6.60. The molecule has 0 saturated carbocycles. The standard InChI is InChI=1S/C14H21BrO2/c1-2-3-9-17-10-8-13(11-16)12-4-6-14(15)7-5-12/h4-7,13,16H,2-3,8-11H2,1H3. The van der Waals surface area contributed by atoms with Gasteiger partial charge in [0, 0.05) is 23.6 Å². The summed E-state index contributed by atoms with van der Waals surface area (Å²) in [4.78, 5) is 0. The van der Waals surface area contributed by atoms with Crippen LogP contribution in [-0.2, 0) is 4.74 Å². The molecule has 1 aromatic carbocycles. The Morgan fingerprint density at radius 1 is 1.24 bits per heavy atom. The first-order chi connectivity index (χ1) is 8.27. The highest BCUT2D eigenvalue weighted by Crippen LogP contribution is 2.21. The average molecular weight is 301 g/mol. The molecule has 2 nitrogen and oxygen atoms in total. The van der Waals surface area contributed by atoms with Crippen LogP contribution in [0.5, 0.6) is 0 Å². The van der Waals surface area contributed by atoms with E-state index in [0.29, 0.717) is 0 Å². The first-order valence-corrected chi connectivity index (χ1v) is 7.01. The summed E-state index contributed by atoms with van der Waals surface area (Å²) in [5.74, 6) is 0.185. The molecular formula is C14H21BrO2. The second kappa shape index (κ2) is 8.67. The Morgan fingerprint density at radius 3 is 2.53 bits per heavy atom. The molecule has 1 unspecified atom stereocenters. The van der Waals surface area contributed by atoms with Gasteiger partial charge in [-0.3, -0.25) is 0 Å². The van der Waals surface area contributed by atoms with E-state index in [0.717, 1.165) is 36.9 Å². The van der Waals surface area contributed by atoms with E-state index in [9.17, 15) is 5.11 Å². The van der Waals surface area contributed by atoms with Gasteiger partial charge in [0.2, 0.25) is 0 Å². The molecular weight excluding hydrogens is 280 g/mol. The lowest BCUT2D eigenvalue weighted by Crippen LogP contribution is -2.08. The van der Waals surface area contributed by atoms with Crippen molar-refractivity contribution in [2.75, 3.05) is 19.8 Å². The molecule has 0 aliphatic carbocycles. The van der Waals surface area contributed by atoms with E-state index in [-0.39, 0.29) is 12.5 Å². The Morgan fingerprint density at radius 2 is 1.94 bits per heavy atom. The summed E-state index contributed by atoms with van der Waals surface area (Å²) >= 11 is 3.41. The summed E-state index contributed by atoms with van der Waals surface area (Å²) in [6, 6.07) is 8.12. The van der Waals surface area contributed by atoms with Crippen molar-refractivity contribution in [3.8, 4) is 0 Å². The first-order valence-electron chi connectivity index (χ1n) is 6.22. The molecule has 1 N–H and O–H groups in total. The van der Waals surface area contributed by atoms with Crippen molar-refractivity contribution in [3.05, 3.63) is 34.3 Å². The van der Waals surface area contributed by atoms with Crippen molar-refractivity contribution < 1.29 is 9.84 Å². The Balaban J connectivity index is 2.35. The minimum absolute atomic E-state index is 0.179. The van der Waals surface area contributed by atoms with Crippen molar-refractivity contribution in [2.45, 2.75) is 32.1 Å². The molecule has 3 heteroatoms. The number of benzene rings is 1. The molecule has 1 aromatic rings. The molecule has 0 aliphatic rings. The molecule has 0 aliphatic heterocycles. The Kier molecular flexibility index (Phi) is 7.49. The number of rotatable bonds is 8. The largest absolute Gasteiger partial charge is 0.396 e. The molecule has 1 rings (SSSR count). The van der Waals surface area contributed by atoms with Gasteiger partial charge in [0.15, 0.2) is 0 Å². The van der Waals surface area contributed by atoms with Gasteiger partial charge in [-0.1, -0.05) is 41.4 Å². The fraction of sp³-hybridized carbons (Fsp3) is 0.571. The number of hydrogen-bond acceptors (Lipinski definition) is 2. The van der Waals surface area contributed by atoms with E-state index in [1.807, 2.05) is 12.1 Å². The van der Waals surface area contributed by atoms with Gasteiger partial charge < -0.3 is 9.84 Å². The minimum Gasteiger partial charge on any atom is -0.396 e. The van der Waals surface area contributed by atoms with Gasteiger partial charge in [-0.25, -0.2) is 0 Å². The minimum atomic E-state index is 0.179. The number of aliphatic hydroxyl groups is 1. The van der Waals surface area contributed by atoms with E-state index < -0.39 is 0 Å². The van der Waals surface area contributed by atoms with Gasteiger partial charge in [0.25, 0.3) is 0 Å². The lowest BCUT2D eigenvalue weighted by Gasteiger charge is -2.14. The van der Waals surface area contributed by atoms with Crippen LogP contribution < -0.4 is 0 Å². The Bertz CT molecular complexity index is 298. The molecule has 0 spiro atoms. The third kappa shape index (κ3) is 5.66. The smallest absolute Gasteiger partial charge is 0.0500 e. The number of halogens is 1. The highest BCUT2D eigenvalue weighted by atomic mass is 79.9. The van der Waals surface area contributed by atoms with Gasteiger partial charge in [0.1, 0.15) is 0 Å². The van der Waals surface area contributed by atoms with Gasteiger partial charge in [-0.2, -0.15) is 0 Å². The maximum absolute atomic E-state index is 9.38. The third-order valence-electron chi connectivity index (χ3n) is 2.81. The van der Waals surface area contributed by atoms with E-state index in [2.05, 4.69) is 35.0 Å². The quantitative estimate of drug-likeness (QED) is 0.741. The molecule has 0 amide bonds. The van der Waals surface area contributed by atoms with Crippen LogP contribution in [0.3, 0.4) is 0 Å². The van der Waals surface area contributed by atoms with Crippen LogP contribution in [0.4, 0.5) is 0 Å². The molecule has 0 fully saturated rings. The lowest BCUT2D eigenvalue weighted by molar-refractivity contribution is 0.116. The Labute approximate surface area is 112 Å². The predicted molar refractivity (Wildman–Crippen MR) is 74.3 cm³/mol. The zero-order valence-electron chi connectivity index (χ0n) is 10.4. The predicted octanol–water partition coefficient (Wildman–Crippen LogP) is 3.73. The van der Waals surface area contributed by atoms with Gasteiger partial charge in [-0.05, 0) is 30.5 Å². The molecule has 1 atom stereocenters. The van der Waals surface area contributed by atoms with Crippen LogP contribution in [0.15, 0.2) is 28.7 Å². The number of hydrogen-bond donors (Lipinski definition) is 1. The third-order valence-corrected chi connectivity index (χ3v) is 3.34. The molecule has 0 aromatic heterocycles. The Hall–Kier alpha value is -0.380. The summed E-state index contributed by atoms with van der Waals surface area (Å²) in [6.45, 7) is 3.89. The van der Waals surface area contributed by atoms with Crippen LogP contribution in [0, 0.1) is 0 Å². The fourth-order valence-electron chi connectivity index (χ4n) is 1.67. The number of ether oxygens (including phenoxy) is 1. The summed E-state index contributed by atoms with van der Waals surface area (Å²) in [7, 11) is 0. The van der Waals surface area contributed by atoms with E-state index >= 15 is 0 Å². The van der Waals surface area contributed by atoms with Crippen molar-refractivity contribution in [1.29, 1.82) is 0 Å². The topological polar surface area (TPSA) is 29.5 Å². The molecule has 0 bridgehead atoms. The van der Waals surface area contributed by atoms with Crippen LogP contribution >= 0.6 is 15.9 Å². The second-order valence-corrected chi connectivity index (χ2v) is 5.10. The number of aliphatic hydroxyl groups excluding tert-OH is 1. The van der Waals surface area contributed by atoms with Crippen LogP contribution in [-0.4, -0.2) is 24.9 Å². The van der Waals surface area contributed by atoms with Crippen molar-refractivity contribution in [1.82, 2.24) is 0 Å². The highest BCUT2D eigenvalue weighted by molar-refractivity contribution is 9.10. The second-order valence-electron chi connectivity index (χ2n) is 4.19. The maximum atomic E-state index is 9.38. The zero-order chi connectivity index (χ0) is 12.5. The lowest BCUT2D eigenvalue weighted by atomic mass is 9.97. The molecule has 17 heavy (non-hydrogen) atoms. The van der Waals surface area contributed by atoms with Gasteiger partial charge in [-0.15, -0.1) is 0 Å². The van der Waals surface area contributed by atoms with Crippen molar-refractivity contribution >= 4 is 15.9 Å². The summed E-state index contributed by atoms with van der Waals surface area (Å²) in [6.07, 6.45) is 3.15. The van der Waals surface area contributed by atoms with Gasteiger partial charge in [0.05, 0.1) is 6.61 Å². The van der Waals surface area contributed by atoms with Crippen molar-refractivity contribution in [2.24, 2.45) is 0 Å².